The minimum Gasteiger partial charge on any atom is -0.333 e. The first kappa shape index (κ1) is 14.3. The first-order valence-corrected chi connectivity index (χ1v) is 8.92. The highest BCUT2D eigenvalue weighted by Crippen LogP contribution is 2.36. The number of piperazine rings is 1. The number of carbonyl (C=O) groups is 1. The molecule has 3 nitrogen and oxygen atoms in total. The first-order chi connectivity index (χ1) is 10.8. The van der Waals surface area contributed by atoms with Crippen LogP contribution in [-0.2, 0) is 4.79 Å². The van der Waals surface area contributed by atoms with Gasteiger partial charge in [-0.05, 0) is 31.2 Å². The second kappa shape index (κ2) is 6.04. The quantitative estimate of drug-likeness (QED) is 0.855. The number of amides is 1. The Morgan fingerprint density at radius 2 is 1.68 bits per heavy atom. The molecule has 1 unspecified atom stereocenters. The van der Waals surface area contributed by atoms with Gasteiger partial charge in [-0.2, -0.15) is 0 Å². The van der Waals surface area contributed by atoms with Crippen LogP contribution in [0.4, 0.5) is 0 Å². The van der Waals surface area contributed by atoms with E-state index in [4.69, 9.17) is 0 Å². The summed E-state index contributed by atoms with van der Waals surface area (Å²) in [5.74, 6) is 0.709. The Morgan fingerprint density at radius 1 is 0.955 bits per heavy atom. The molecule has 2 saturated carbocycles. The molecular weight excluding hydrogens is 272 g/mol. The van der Waals surface area contributed by atoms with Crippen molar-refractivity contribution in [2.45, 2.75) is 50.6 Å². The minimum absolute atomic E-state index is 0.253. The molecular formula is C19H26N2O. The normalized spacial score (nSPS) is 27.3. The molecule has 1 amide bonds. The highest BCUT2D eigenvalue weighted by Gasteiger charge is 2.39. The summed E-state index contributed by atoms with van der Waals surface area (Å²) in [5.41, 5.74) is 1.30. The van der Waals surface area contributed by atoms with E-state index < -0.39 is 0 Å². The van der Waals surface area contributed by atoms with Crippen LogP contribution < -0.4 is 0 Å². The largest absolute Gasteiger partial charge is 0.333 e. The number of carbonyl (C=O) groups excluding carboxylic acids is 1. The number of hydrogen-bond donors (Lipinski definition) is 0. The van der Waals surface area contributed by atoms with Crippen molar-refractivity contribution < 1.29 is 4.79 Å². The lowest BCUT2D eigenvalue weighted by molar-refractivity contribution is -0.140. The van der Waals surface area contributed by atoms with E-state index in [0.717, 1.165) is 38.5 Å². The standard InChI is InChI=1S/C19H26N2O/c22-19(16-8-4-5-9-16)21-13-12-20(17-10-11-17)14-18(21)15-6-2-1-3-7-15/h1-3,6-7,16-18H,4-5,8-14H2. The molecule has 0 aromatic heterocycles. The molecule has 1 aromatic rings. The predicted molar refractivity (Wildman–Crippen MR) is 87.4 cm³/mol. The molecule has 1 atom stereocenters. The van der Waals surface area contributed by atoms with Gasteiger partial charge in [0.15, 0.2) is 0 Å². The monoisotopic (exact) mass is 298 g/mol. The van der Waals surface area contributed by atoms with E-state index in [2.05, 4.69) is 40.1 Å². The predicted octanol–water partition coefficient (Wildman–Crippen LogP) is 3.22. The second-order valence-corrected chi connectivity index (χ2v) is 7.17. The fourth-order valence-electron chi connectivity index (χ4n) is 4.21. The van der Waals surface area contributed by atoms with Gasteiger partial charge in [-0.25, -0.2) is 0 Å². The Kier molecular flexibility index (Phi) is 3.91. The van der Waals surface area contributed by atoms with Crippen LogP contribution in [0.3, 0.4) is 0 Å². The molecule has 0 radical (unpaired) electrons. The first-order valence-electron chi connectivity index (χ1n) is 8.92. The summed E-state index contributed by atoms with van der Waals surface area (Å²) in [4.78, 5) is 17.8. The Labute approximate surface area is 133 Å². The third-order valence-corrected chi connectivity index (χ3v) is 5.65. The highest BCUT2D eigenvalue weighted by atomic mass is 16.2. The SMILES string of the molecule is O=C(C1CCCC1)N1CCN(C2CC2)CC1c1ccccc1. The maximum Gasteiger partial charge on any atom is 0.226 e. The van der Waals surface area contributed by atoms with Gasteiger partial charge in [-0.1, -0.05) is 43.2 Å². The molecule has 4 rings (SSSR count). The molecule has 0 N–H and O–H groups in total. The van der Waals surface area contributed by atoms with Crippen molar-refractivity contribution in [2.24, 2.45) is 5.92 Å². The van der Waals surface area contributed by atoms with Crippen LogP contribution in [0.15, 0.2) is 30.3 Å². The number of rotatable bonds is 3. The Balaban J connectivity index is 1.56. The van der Waals surface area contributed by atoms with Crippen LogP contribution in [0.2, 0.25) is 0 Å². The third-order valence-electron chi connectivity index (χ3n) is 5.65. The summed E-state index contributed by atoms with van der Waals surface area (Å²) in [6.45, 7) is 2.99. The van der Waals surface area contributed by atoms with E-state index in [1.165, 1.54) is 31.2 Å². The number of hydrogen-bond acceptors (Lipinski definition) is 2. The summed E-state index contributed by atoms with van der Waals surface area (Å²) >= 11 is 0. The van der Waals surface area contributed by atoms with Crippen molar-refractivity contribution in [1.82, 2.24) is 9.80 Å². The average molecular weight is 298 g/mol. The van der Waals surface area contributed by atoms with Gasteiger partial charge in [-0.3, -0.25) is 9.69 Å². The second-order valence-electron chi connectivity index (χ2n) is 7.17. The lowest BCUT2D eigenvalue weighted by Crippen LogP contribution is -2.52. The molecule has 1 aliphatic heterocycles. The summed E-state index contributed by atoms with van der Waals surface area (Å²) in [6, 6.07) is 11.7. The van der Waals surface area contributed by atoms with Crippen molar-refractivity contribution in [2.75, 3.05) is 19.6 Å². The van der Waals surface area contributed by atoms with Crippen LogP contribution in [0.25, 0.3) is 0 Å². The van der Waals surface area contributed by atoms with Crippen molar-refractivity contribution >= 4 is 5.91 Å². The zero-order valence-corrected chi connectivity index (χ0v) is 13.3. The van der Waals surface area contributed by atoms with Crippen molar-refractivity contribution in [1.29, 1.82) is 0 Å². The van der Waals surface area contributed by atoms with Crippen molar-refractivity contribution in [3.8, 4) is 0 Å². The average Bonchev–Trinajstić information content (AvgIpc) is 3.29. The van der Waals surface area contributed by atoms with Gasteiger partial charge in [0.25, 0.3) is 0 Å². The molecule has 1 heterocycles. The molecule has 3 heteroatoms. The molecule has 1 aromatic carbocycles. The smallest absolute Gasteiger partial charge is 0.226 e. The zero-order valence-electron chi connectivity index (χ0n) is 13.3. The molecule has 0 spiro atoms. The van der Waals surface area contributed by atoms with E-state index in [1.54, 1.807) is 0 Å². The lowest BCUT2D eigenvalue weighted by Gasteiger charge is -2.43. The van der Waals surface area contributed by atoms with E-state index in [9.17, 15) is 4.79 Å². The van der Waals surface area contributed by atoms with Crippen LogP contribution >= 0.6 is 0 Å². The molecule has 1 saturated heterocycles. The van der Waals surface area contributed by atoms with E-state index in [0.29, 0.717) is 11.8 Å². The van der Waals surface area contributed by atoms with Gasteiger partial charge in [-0.15, -0.1) is 0 Å². The molecule has 22 heavy (non-hydrogen) atoms. The Morgan fingerprint density at radius 3 is 2.36 bits per heavy atom. The van der Waals surface area contributed by atoms with Crippen LogP contribution in [0.1, 0.15) is 50.1 Å². The maximum absolute atomic E-state index is 13.0. The third kappa shape index (κ3) is 2.79. The highest BCUT2D eigenvalue weighted by molar-refractivity contribution is 5.79. The summed E-state index contributed by atoms with van der Waals surface area (Å²) in [7, 11) is 0. The summed E-state index contributed by atoms with van der Waals surface area (Å²) < 4.78 is 0. The minimum atomic E-state index is 0.253. The van der Waals surface area contributed by atoms with Crippen molar-refractivity contribution in [3.63, 3.8) is 0 Å². The van der Waals surface area contributed by atoms with Gasteiger partial charge in [0, 0.05) is 31.6 Å². The zero-order chi connectivity index (χ0) is 14.9. The van der Waals surface area contributed by atoms with Crippen molar-refractivity contribution in [3.05, 3.63) is 35.9 Å². The summed E-state index contributed by atoms with van der Waals surface area (Å²) in [5, 5.41) is 0. The van der Waals surface area contributed by atoms with Gasteiger partial charge >= 0.3 is 0 Å². The van der Waals surface area contributed by atoms with Gasteiger partial charge in [0.05, 0.1) is 6.04 Å². The van der Waals surface area contributed by atoms with Gasteiger partial charge in [0.2, 0.25) is 5.91 Å². The van der Waals surface area contributed by atoms with Gasteiger partial charge < -0.3 is 4.90 Å². The molecule has 2 aliphatic carbocycles. The molecule has 0 bridgehead atoms. The Hall–Kier alpha value is -1.35. The topological polar surface area (TPSA) is 23.6 Å². The Bertz CT molecular complexity index is 519. The molecule has 3 fully saturated rings. The maximum atomic E-state index is 13.0. The van der Waals surface area contributed by atoms with Crippen LogP contribution in [0.5, 0.6) is 0 Å². The van der Waals surface area contributed by atoms with E-state index >= 15 is 0 Å². The number of nitrogens with zero attached hydrogens (tertiary/aromatic N) is 2. The lowest BCUT2D eigenvalue weighted by atomic mass is 9.98. The van der Waals surface area contributed by atoms with Gasteiger partial charge in [0.1, 0.15) is 0 Å². The van der Waals surface area contributed by atoms with Crippen LogP contribution in [-0.4, -0.2) is 41.4 Å². The van der Waals surface area contributed by atoms with E-state index in [1.807, 2.05) is 0 Å². The fraction of sp³-hybridized carbons (Fsp3) is 0.632. The number of benzene rings is 1. The fourth-order valence-corrected chi connectivity index (χ4v) is 4.21. The molecule has 3 aliphatic rings. The van der Waals surface area contributed by atoms with E-state index in [-0.39, 0.29) is 6.04 Å². The van der Waals surface area contributed by atoms with Crippen LogP contribution in [0, 0.1) is 5.92 Å². The molecule has 118 valence electrons. The summed E-state index contributed by atoms with van der Waals surface area (Å²) in [6.07, 6.45) is 7.35.